The quantitative estimate of drug-likeness (QED) is 0.731. The molecule has 1 unspecified atom stereocenters. The molecule has 1 saturated carbocycles. The number of rotatable bonds is 7. The number of hydrogen-bond donors (Lipinski definition) is 1. The van der Waals surface area contributed by atoms with Gasteiger partial charge in [-0.2, -0.15) is 0 Å². The van der Waals surface area contributed by atoms with Gasteiger partial charge in [-0.3, -0.25) is 9.69 Å². The number of nitrogens with one attached hydrogen (secondary N) is 1. The van der Waals surface area contributed by atoms with Crippen molar-refractivity contribution < 1.29 is 19.1 Å². The van der Waals surface area contributed by atoms with Crippen LogP contribution in [0.15, 0.2) is 54.6 Å². The summed E-state index contributed by atoms with van der Waals surface area (Å²) in [4.78, 5) is 26.4. The smallest absolute Gasteiger partial charge is 0.338 e. The van der Waals surface area contributed by atoms with Gasteiger partial charge in [-0.15, -0.1) is 0 Å². The van der Waals surface area contributed by atoms with Crippen molar-refractivity contribution in [3.8, 4) is 0 Å². The maximum Gasteiger partial charge on any atom is 0.338 e. The Bertz CT molecular complexity index is 834. The molecule has 2 fully saturated rings. The van der Waals surface area contributed by atoms with Gasteiger partial charge >= 0.3 is 5.97 Å². The topological polar surface area (TPSA) is 67.9 Å². The first-order valence-electron chi connectivity index (χ1n) is 10.1. The first kappa shape index (κ1) is 19.6. The van der Waals surface area contributed by atoms with Crippen molar-refractivity contribution >= 4 is 17.6 Å². The molecule has 1 saturated heterocycles. The number of carbonyl (C=O) groups excluding carboxylic acids is 2. The molecule has 2 aliphatic rings. The number of esters is 1. The zero-order valence-corrected chi connectivity index (χ0v) is 16.4. The fraction of sp³-hybridized carbons (Fsp3) is 0.391. The van der Waals surface area contributed by atoms with Gasteiger partial charge in [0.1, 0.15) is 12.7 Å². The average molecular weight is 394 g/mol. The fourth-order valence-electron chi connectivity index (χ4n) is 3.40. The molecule has 0 radical (unpaired) electrons. The van der Waals surface area contributed by atoms with Crippen LogP contribution in [0.1, 0.15) is 28.8 Å². The molecule has 0 aromatic heterocycles. The van der Waals surface area contributed by atoms with E-state index in [1.54, 1.807) is 24.3 Å². The second-order valence-electron chi connectivity index (χ2n) is 7.65. The number of carbonyl (C=O) groups is 2. The molecule has 0 bridgehead atoms. The molecule has 1 aliphatic carbocycles. The molecule has 4 rings (SSSR count). The minimum atomic E-state index is -0.381. The molecule has 0 spiro atoms. The monoisotopic (exact) mass is 394 g/mol. The van der Waals surface area contributed by atoms with Gasteiger partial charge in [0, 0.05) is 31.2 Å². The summed E-state index contributed by atoms with van der Waals surface area (Å²) in [6.07, 6.45) is 1.79. The van der Waals surface area contributed by atoms with Crippen LogP contribution in [0.4, 0.5) is 5.69 Å². The first-order chi connectivity index (χ1) is 14.2. The lowest BCUT2D eigenvalue weighted by atomic mass is 10.2. The van der Waals surface area contributed by atoms with Crippen molar-refractivity contribution in [3.63, 3.8) is 0 Å². The third kappa shape index (κ3) is 5.65. The molecule has 1 aliphatic heterocycles. The Morgan fingerprint density at radius 3 is 2.55 bits per heavy atom. The van der Waals surface area contributed by atoms with E-state index in [2.05, 4.69) is 22.3 Å². The molecule has 152 valence electrons. The molecule has 1 amide bonds. The van der Waals surface area contributed by atoms with Crippen molar-refractivity contribution in [2.75, 3.05) is 31.6 Å². The highest BCUT2D eigenvalue weighted by molar-refractivity contribution is 5.95. The van der Waals surface area contributed by atoms with Gasteiger partial charge in [0.15, 0.2) is 0 Å². The Balaban J connectivity index is 1.23. The Morgan fingerprint density at radius 2 is 1.83 bits per heavy atom. The summed E-state index contributed by atoms with van der Waals surface area (Å²) in [5, 5.41) is 2.86. The van der Waals surface area contributed by atoms with Gasteiger partial charge in [0.2, 0.25) is 5.91 Å². The summed E-state index contributed by atoms with van der Waals surface area (Å²) in [6.45, 7) is 3.32. The van der Waals surface area contributed by atoms with Crippen LogP contribution in [0.25, 0.3) is 0 Å². The zero-order chi connectivity index (χ0) is 20.1. The van der Waals surface area contributed by atoms with Crippen LogP contribution < -0.4 is 5.32 Å². The number of morpholine rings is 1. The lowest BCUT2D eigenvalue weighted by molar-refractivity contribution is -0.117. The van der Waals surface area contributed by atoms with E-state index >= 15 is 0 Å². The number of amides is 1. The van der Waals surface area contributed by atoms with Crippen LogP contribution in [0.2, 0.25) is 0 Å². The van der Waals surface area contributed by atoms with Gasteiger partial charge in [-0.25, -0.2) is 4.79 Å². The summed E-state index contributed by atoms with van der Waals surface area (Å²) in [7, 11) is 0. The van der Waals surface area contributed by atoms with Crippen molar-refractivity contribution in [1.29, 1.82) is 0 Å². The van der Waals surface area contributed by atoms with Crippen LogP contribution in [0.3, 0.4) is 0 Å². The Kier molecular flexibility index (Phi) is 6.22. The maximum absolute atomic E-state index is 12.3. The van der Waals surface area contributed by atoms with Crippen molar-refractivity contribution in [3.05, 3.63) is 65.7 Å². The molecule has 2 aromatic rings. The van der Waals surface area contributed by atoms with Gasteiger partial charge in [0.05, 0.1) is 12.2 Å². The normalized spacial score (nSPS) is 19.5. The molecule has 2 aromatic carbocycles. The van der Waals surface area contributed by atoms with Gasteiger partial charge < -0.3 is 14.8 Å². The molecule has 1 N–H and O–H groups in total. The molecule has 1 heterocycles. The van der Waals surface area contributed by atoms with Crippen molar-refractivity contribution in [1.82, 2.24) is 4.90 Å². The van der Waals surface area contributed by atoms with E-state index in [9.17, 15) is 9.59 Å². The number of nitrogens with zero attached hydrogens (tertiary/aromatic N) is 1. The third-order valence-electron chi connectivity index (χ3n) is 5.21. The molecule has 1 atom stereocenters. The summed E-state index contributed by atoms with van der Waals surface area (Å²) in [5.74, 6) is -0.180. The maximum atomic E-state index is 12.3. The van der Waals surface area contributed by atoms with Crippen molar-refractivity contribution in [2.45, 2.75) is 25.5 Å². The lowest BCUT2D eigenvalue weighted by Gasteiger charge is -2.32. The summed E-state index contributed by atoms with van der Waals surface area (Å²) in [6, 6.07) is 17.1. The number of ether oxygens (including phenoxy) is 2. The second kappa shape index (κ2) is 9.20. The zero-order valence-electron chi connectivity index (χ0n) is 16.4. The van der Waals surface area contributed by atoms with Crippen LogP contribution in [0.5, 0.6) is 0 Å². The SMILES string of the molecule is O=C(OCC1CN(Cc2ccccc2)CCO1)c1ccc(NC(=O)C2CC2)cc1. The van der Waals surface area contributed by atoms with Crippen LogP contribution >= 0.6 is 0 Å². The van der Waals surface area contributed by atoms with Gasteiger partial charge in [-0.05, 0) is 42.7 Å². The van der Waals surface area contributed by atoms with Gasteiger partial charge in [0.25, 0.3) is 0 Å². The Labute approximate surface area is 170 Å². The lowest BCUT2D eigenvalue weighted by Crippen LogP contribution is -2.44. The van der Waals surface area contributed by atoms with E-state index in [1.807, 2.05) is 18.2 Å². The molecular weight excluding hydrogens is 368 g/mol. The predicted octanol–water partition coefficient (Wildman–Crippen LogP) is 3.09. The summed E-state index contributed by atoms with van der Waals surface area (Å²) >= 11 is 0. The number of benzene rings is 2. The molecular formula is C23H26N2O4. The van der Waals surface area contributed by atoms with E-state index in [-0.39, 0.29) is 30.5 Å². The van der Waals surface area contributed by atoms with Crippen LogP contribution in [0, 0.1) is 5.92 Å². The average Bonchev–Trinajstić information content (AvgIpc) is 3.59. The molecule has 6 heteroatoms. The third-order valence-corrected chi connectivity index (χ3v) is 5.21. The summed E-state index contributed by atoms with van der Waals surface area (Å²) in [5.41, 5.74) is 2.43. The van der Waals surface area contributed by atoms with Crippen LogP contribution in [-0.2, 0) is 20.8 Å². The van der Waals surface area contributed by atoms with E-state index in [0.717, 1.165) is 32.5 Å². The van der Waals surface area contributed by atoms with E-state index in [4.69, 9.17) is 9.47 Å². The Hall–Kier alpha value is -2.70. The first-order valence-corrected chi connectivity index (χ1v) is 10.1. The molecule has 29 heavy (non-hydrogen) atoms. The highest BCUT2D eigenvalue weighted by Gasteiger charge is 2.29. The predicted molar refractivity (Wildman–Crippen MR) is 110 cm³/mol. The summed E-state index contributed by atoms with van der Waals surface area (Å²) < 4.78 is 11.2. The largest absolute Gasteiger partial charge is 0.459 e. The standard InChI is InChI=1S/C23H26N2O4/c26-22(18-6-7-18)24-20-10-8-19(9-11-20)23(27)29-16-21-15-25(12-13-28-21)14-17-4-2-1-3-5-17/h1-5,8-11,18,21H,6-7,12-16H2,(H,24,26). The van der Waals surface area contributed by atoms with E-state index < -0.39 is 0 Å². The Morgan fingerprint density at radius 1 is 1.07 bits per heavy atom. The number of hydrogen-bond acceptors (Lipinski definition) is 5. The minimum absolute atomic E-state index is 0.0508. The van der Waals surface area contributed by atoms with Crippen molar-refractivity contribution in [2.24, 2.45) is 5.92 Å². The fourth-order valence-corrected chi connectivity index (χ4v) is 3.40. The van der Waals surface area contributed by atoms with Crippen LogP contribution in [-0.4, -0.2) is 49.2 Å². The second-order valence-corrected chi connectivity index (χ2v) is 7.65. The van der Waals surface area contributed by atoms with E-state index in [1.165, 1.54) is 5.56 Å². The highest BCUT2D eigenvalue weighted by atomic mass is 16.6. The van der Waals surface area contributed by atoms with Gasteiger partial charge in [-0.1, -0.05) is 30.3 Å². The van der Waals surface area contributed by atoms with E-state index in [0.29, 0.717) is 17.9 Å². The minimum Gasteiger partial charge on any atom is -0.459 e. The molecule has 6 nitrogen and oxygen atoms in total. The highest BCUT2D eigenvalue weighted by Crippen LogP contribution is 2.30. The number of anilines is 1.